The Morgan fingerprint density at radius 1 is 1.17 bits per heavy atom. The number of ether oxygens (including phenoxy) is 1. The molecule has 0 aliphatic carbocycles. The zero-order valence-corrected chi connectivity index (χ0v) is 7.55. The molecule has 0 amide bonds. The van der Waals surface area contributed by atoms with E-state index in [0.717, 1.165) is 13.0 Å². The lowest BCUT2D eigenvalue weighted by Crippen LogP contribution is -1.85. The van der Waals surface area contributed by atoms with Crippen LogP contribution < -0.4 is 0 Å². The maximum Gasteiger partial charge on any atom is 0.198 e. The number of epoxide rings is 1. The normalized spacial score (nSPS) is 20.8. The lowest BCUT2D eigenvalue weighted by atomic mass is 10.1. The average molecular weight is 169 g/mol. The van der Waals surface area contributed by atoms with Crippen molar-refractivity contribution in [3.63, 3.8) is 0 Å². The molecule has 2 heteroatoms. The summed E-state index contributed by atoms with van der Waals surface area (Å²) < 4.78 is 5.10. The van der Waals surface area contributed by atoms with Crippen molar-refractivity contribution in [1.29, 1.82) is 0 Å². The Kier molecular flexibility index (Phi) is 5.00. The zero-order chi connectivity index (χ0) is 8.65. The number of carbonyl (C=O) groups excluding carboxylic acids is 1. The van der Waals surface area contributed by atoms with Crippen LogP contribution in [0.25, 0.3) is 0 Å². The van der Waals surface area contributed by atoms with Crippen LogP contribution in [0.4, 0.5) is 0 Å². The predicted octanol–water partition coefficient (Wildman–Crippen LogP) is 2.23. The van der Waals surface area contributed by atoms with Gasteiger partial charge in [-0.05, 0) is 12.8 Å². The Balaban J connectivity index is 1.67. The van der Waals surface area contributed by atoms with Crippen molar-refractivity contribution in [2.75, 3.05) is 6.61 Å². The Morgan fingerprint density at radius 2 is 1.83 bits per heavy atom. The number of hydrogen-bond acceptors (Lipinski definition) is 2. The summed E-state index contributed by atoms with van der Waals surface area (Å²) in [6.45, 7) is 0.986. The van der Waals surface area contributed by atoms with E-state index in [1.807, 2.05) is 6.29 Å². The Bertz CT molecular complexity index is 119. The van der Waals surface area contributed by atoms with Gasteiger partial charge in [0.2, 0.25) is 0 Å². The van der Waals surface area contributed by atoms with E-state index in [-0.39, 0.29) is 0 Å². The molecule has 0 saturated carbocycles. The summed E-state index contributed by atoms with van der Waals surface area (Å²) in [6, 6.07) is 0. The van der Waals surface area contributed by atoms with Crippen molar-refractivity contribution in [3.8, 4) is 0 Å². The maximum absolute atomic E-state index is 9.85. The fraction of sp³-hybridized carbons (Fsp3) is 0.900. The molecule has 1 saturated heterocycles. The molecular formula is C10H17O2. The van der Waals surface area contributed by atoms with Crippen LogP contribution in [0.2, 0.25) is 0 Å². The summed E-state index contributed by atoms with van der Waals surface area (Å²) in [5.41, 5.74) is 0. The molecule has 1 aliphatic heterocycles. The first-order chi connectivity index (χ1) is 5.93. The molecule has 1 radical (unpaired) electrons. The van der Waals surface area contributed by atoms with Crippen LogP contribution in [0.1, 0.15) is 44.9 Å². The van der Waals surface area contributed by atoms with Gasteiger partial charge < -0.3 is 4.74 Å². The highest BCUT2D eigenvalue weighted by molar-refractivity contribution is 5.50. The minimum absolute atomic E-state index is 0.591. The summed E-state index contributed by atoms with van der Waals surface area (Å²) in [5, 5.41) is 0. The lowest BCUT2D eigenvalue weighted by Gasteiger charge is -1.97. The van der Waals surface area contributed by atoms with Gasteiger partial charge in [0.25, 0.3) is 0 Å². The Hall–Kier alpha value is -0.370. The topological polar surface area (TPSA) is 29.6 Å². The molecule has 0 aromatic rings. The molecule has 0 aromatic heterocycles. The van der Waals surface area contributed by atoms with Gasteiger partial charge in [-0.3, -0.25) is 4.79 Å². The van der Waals surface area contributed by atoms with E-state index < -0.39 is 0 Å². The van der Waals surface area contributed by atoms with Crippen LogP contribution in [-0.4, -0.2) is 19.0 Å². The SMILES string of the molecule is O=[C]CCCCCCCC1CO1. The third-order valence-corrected chi connectivity index (χ3v) is 2.21. The molecule has 2 nitrogen and oxygen atoms in total. The van der Waals surface area contributed by atoms with Gasteiger partial charge in [-0.1, -0.05) is 25.7 Å². The molecule has 69 valence electrons. The third-order valence-electron chi connectivity index (χ3n) is 2.21. The van der Waals surface area contributed by atoms with Gasteiger partial charge in [-0.15, -0.1) is 0 Å². The Labute approximate surface area is 74.3 Å². The molecule has 0 N–H and O–H groups in total. The van der Waals surface area contributed by atoms with Gasteiger partial charge in [0.15, 0.2) is 6.29 Å². The number of unbranched alkanes of at least 4 members (excludes halogenated alkanes) is 5. The van der Waals surface area contributed by atoms with Crippen molar-refractivity contribution in [2.45, 2.75) is 51.0 Å². The maximum atomic E-state index is 9.85. The van der Waals surface area contributed by atoms with Crippen LogP contribution in [0.5, 0.6) is 0 Å². The fourth-order valence-corrected chi connectivity index (χ4v) is 1.33. The van der Waals surface area contributed by atoms with Gasteiger partial charge >= 0.3 is 0 Å². The molecular weight excluding hydrogens is 152 g/mol. The van der Waals surface area contributed by atoms with Crippen LogP contribution in [0, 0.1) is 0 Å². The first-order valence-corrected chi connectivity index (χ1v) is 4.90. The Morgan fingerprint density at radius 3 is 2.50 bits per heavy atom. The highest BCUT2D eigenvalue weighted by Crippen LogP contribution is 2.17. The van der Waals surface area contributed by atoms with E-state index in [2.05, 4.69) is 0 Å². The molecule has 0 aromatic carbocycles. The summed E-state index contributed by atoms with van der Waals surface area (Å²) >= 11 is 0. The summed E-state index contributed by atoms with van der Waals surface area (Å²) in [5.74, 6) is 0. The molecule has 1 heterocycles. The smallest absolute Gasteiger partial charge is 0.198 e. The predicted molar refractivity (Wildman–Crippen MR) is 47.8 cm³/mol. The lowest BCUT2D eigenvalue weighted by molar-refractivity contribution is 0.387. The van der Waals surface area contributed by atoms with Crippen molar-refractivity contribution < 1.29 is 9.53 Å². The zero-order valence-electron chi connectivity index (χ0n) is 7.55. The molecule has 0 bridgehead atoms. The van der Waals surface area contributed by atoms with Crippen molar-refractivity contribution in [1.82, 2.24) is 0 Å². The number of rotatable bonds is 8. The van der Waals surface area contributed by atoms with E-state index in [9.17, 15) is 4.79 Å². The highest BCUT2D eigenvalue weighted by Gasteiger charge is 2.20. The second kappa shape index (κ2) is 6.18. The minimum atomic E-state index is 0.591. The van der Waals surface area contributed by atoms with Crippen LogP contribution in [0.3, 0.4) is 0 Å². The molecule has 1 unspecified atom stereocenters. The quantitative estimate of drug-likeness (QED) is 0.412. The van der Waals surface area contributed by atoms with E-state index in [0.29, 0.717) is 12.5 Å². The first-order valence-electron chi connectivity index (χ1n) is 4.90. The highest BCUT2D eigenvalue weighted by atomic mass is 16.6. The molecule has 0 spiro atoms. The largest absolute Gasteiger partial charge is 0.373 e. The second-order valence-electron chi connectivity index (χ2n) is 3.41. The van der Waals surface area contributed by atoms with Gasteiger partial charge in [-0.25, -0.2) is 0 Å². The van der Waals surface area contributed by atoms with E-state index in [4.69, 9.17) is 4.74 Å². The summed E-state index contributed by atoms with van der Waals surface area (Å²) in [4.78, 5) is 9.85. The molecule has 1 atom stereocenters. The van der Waals surface area contributed by atoms with Crippen LogP contribution >= 0.6 is 0 Å². The van der Waals surface area contributed by atoms with Crippen molar-refractivity contribution >= 4 is 6.29 Å². The first kappa shape index (κ1) is 9.72. The summed E-state index contributed by atoms with van der Waals surface area (Å²) in [7, 11) is 0. The van der Waals surface area contributed by atoms with E-state index >= 15 is 0 Å². The molecule has 12 heavy (non-hydrogen) atoms. The van der Waals surface area contributed by atoms with Crippen LogP contribution in [-0.2, 0) is 9.53 Å². The summed E-state index contributed by atoms with van der Waals surface area (Å²) in [6.07, 6.45) is 10.4. The van der Waals surface area contributed by atoms with Gasteiger partial charge in [0.05, 0.1) is 12.7 Å². The number of hydrogen-bond donors (Lipinski definition) is 0. The third kappa shape index (κ3) is 5.30. The molecule has 1 fully saturated rings. The molecule has 1 rings (SSSR count). The van der Waals surface area contributed by atoms with Crippen molar-refractivity contribution in [2.24, 2.45) is 0 Å². The average Bonchev–Trinajstić information content (AvgIpc) is 2.87. The van der Waals surface area contributed by atoms with Gasteiger partial charge in [0, 0.05) is 6.42 Å². The van der Waals surface area contributed by atoms with E-state index in [1.54, 1.807) is 0 Å². The molecule has 1 aliphatic rings. The van der Waals surface area contributed by atoms with Crippen molar-refractivity contribution in [3.05, 3.63) is 0 Å². The fourth-order valence-electron chi connectivity index (χ4n) is 1.33. The second-order valence-corrected chi connectivity index (χ2v) is 3.41. The van der Waals surface area contributed by atoms with Gasteiger partial charge in [-0.2, -0.15) is 0 Å². The monoisotopic (exact) mass is 169 g/mol. The van der Waals surface area contributed by atoms with E-state index in [1.165, 1.54) is 32.1 Å². The van der Waals surface area contributed by atoms with Crippen LogP contribution in [0.15, 0.2) is 0 Å². The minimum Gasteiger partial charge on any atom is -0.373 e. The van der Waals surface area contributed by atoms with Gasteiger partial charge in [0.1, 0.15) is 0 Å². The standard InChI is InChI=1S/C10H17O2/c11-8-6-4-2-1-3-5-7-10-9-12-10/h10H,1-7,9H2.